The Balaban J connectivity index is 1.83. The van der Waals surface area contributed by atoms with Gasteiger partial charge in [-0.1, -0.05) is 62.4 Å². The summed E-state index contributed by atoms with van der Waals surface area (Å²) in [6, 6.07) is 26.7. The van der Waals surface area contributed by atoms with E-state index in [0.717, 1.165) is 0 Å². The van der Waals surface area contributed by atoms with E-state index in [4.69, 9.17) is 0 Å². The van der Waals surface area contributed by atoms with Crippen LogP contribution in [0.25, 0.3) is 0 Å². The first-order chi connectivity index (χ1) is 15.2. The lowest BCUT2D eigenvalue weighted by Crippen LogP contribution is -2.24. The summed E-state index contributed by atoms with van der Waals surface area (Å²) in [5.74, 6) is 0.175. The molecule has 1 aliphatic heterocycles. The zero-order valence-corrected chi connectivity index (χ0v) is 20.4. The second kappa shape index (κ2) is 8.38. The van der Waals surface area contributed by atoms with Gasteiger partial charge < -0.3 is 14.7 Å². The molecule has 0 aromatic heterocycles. The molecular formula is C29H35N3. The van der Waals surface area contributed by atoms with E-state index >= 15 is 0 Å². The standard InChI is InChI=1S/C29H35N3/c1-29(2)26-10-8-9-11-27(26)32(7)28(29)20-25(21-12-16-23(17-13-21)30(3)4)22-14-18-24(19-15-22)31(5)6/h8-20,25H,1-7H3. The number of rotatable bonds is 5. The van der Waals surface area contributed by atoms with Gasteiger partial charge in [-0.2, -0.15) is 0 Å². The molecule has 0 bridgehead atoms. The van der Waals surface area contributed by atoms with Crippen LogP contribution in [-0.4, -0.2) is 35.2 Å². The lowest BCUT2D eigenvalue weighted by atomic mass is 9.81. The van der Waals surface area contributed by atoms with Crippen molar-refractivity contribution < 1.29 is 0 Å². The van der Waals surface area contributed by atoms with E-state index in [9.17, 15) is 0 Å². The molecule has 3 heteroatoms. The van der Waals surface area contributed by atoms with Gasteiger partial charge in [0.05, 0.1) is 0 Å². The molecule has 0 radical (unpaired) electrons. The zero-order chi connectivity index (χ0) is 23.0. The molecule has 3 aromatic rings. The van der Waals surface area contributed by atoms with Crippen LogP contribution in [0.4, 0.5) is 17.1 Å². The number of fused-ring (bicyclic) bond motifs is 1. The van der Waals surface area contributed by atoms with Crippen molar-refractivity contribution >= 4 is 17.1 Å². The summed E-state index contributed by atoms with van der Waals surface area (Å²) in [5.41, 5.74) is 9.03. The second-order valence-corrected chi connectivity index (χ2v) is 9.70. The highest BCUT2D eigenvalue weighted by atomic mass is 15.2. The lowest BCUT2D eigenvalue weighted by molar-refractivity contribution is 0.634. The van der Waals surface area contributed by atoms with E-state index in [1.165, 1.54) is 39.4 Å². The van der Waals surface area contributed by atoms with Gasteiger partial charge in [-0.15, -0.1) is 0 Å². The molecule has 32 heavy (non-hydrogen) atoms. The number of benzene rings is 3. The van der Waals surface area contributed by atoms with E-state index in [2.05, 4.69) is 143 Å². The van der Waals surface area contributed by atoms with Crippen LogP contribution >= 0.6 is 0 Å². The predicted molar refractivity (Wildman–Crippen MR) is 139 cm³/mol. The molecule has 0 saturated heterocycles. The Morgan fingerprint density at radius 2 is 1.19 bits per heavy atom. The largest absolute Gasteiger partial charge is 0.378 e. The molecule has 4 rings (SSSR count). The zero-order valence-electron chi connectivity index (χ0n) is 20.4. The molecule has 0 amide bonds. The van der Waals surface area contributed by atoms with Crippen molar-refractivity contribution in [2.24, 2.45) is 0 Å². The smallest absolute Gasteiger partial charge is 0.0447 e. The average Bonchev–Trinajstić information content (AvgIpc) is 2.98. The van der Waals surface area contributed by atoms with Crippen molar-refractivity contribution in [3.63, 3.8) is 0 Å². The third-order valence-electron chi connectivity index (χ3n) is 6.80. The highest BCUT2D eigenvalue weighted by Gasteiger charge is 2.38. The van der Waals surface area contributed by atoms with Crippen LogP contribution in [0, 0.1) is 0 Å². The number of likely N-dealkylation sites (N-methyl/N-ethyl adjacent to an activating group) is 1. The molecule has 0 aliphatic carbocycles. The Bertz CT molecular complexity index is 1050. The van der Waals surface area contributed by atoms with Gasteiger partial charge in [-0.25, -0.2) is 0 Å². The van der Waals surface area contributed by atoms with Gasteiger partial charge in [0, 0.05) is 69.3 Å². The topological polar surface area (TPSA) is 9.72 Å². The Hall–Kier alpha value is -3.20. The number of hydrogen-bond donors (Lipinski definition) is 0. The van der Waals surface area contributed by atoms with E-state index in [1.54, 1.807) is 0 Å². The fourth-order valence-corrected chi connectivity index (χ4v) is 4.80. The van der Waals surface area contributed by atoms with Gasteiger partial charge in [0.15, 0.2) is 0 Å². The lowest BCUT2D eigenvalue weighted by Gasteiger charge is -2.27. The molecule has 0 spiro atoms. The maximum Gasteiger partial charge on any atom is 0.0447 e. The summed E-state index contributed by atoms with van der Waals surface area (Å²) in [6.07, 6.45) is 2.47. The maximum atomic E-state index is 2.47. The van der Waals surface area contributed by atoms with Gasteiger partial charge in [0.2, 0.25) is 0 Å². The summed E-state index contributed by atoms with van der Waals surface area (Å²) in [7, 11) is 10.5. The molecular weight excluding hydrogens is 390 g/mol. The summed E-state index contributed by atoms with van der Waals surface area (Å²) < 4.78 is 0. The minimum atomic E-state index is -0.0449. The van der Waals surface area contributed by atoms with Crippen molar-refractivity contribution in [2.75, 3.05) is 49.9 Å². The summed E-state index contributed by atoms with van der Waals surface area (Å²) in [5, 5.41) is 0. The fraction of sp³-hybridized carbons (Fsp3) is 0.310. The van der Waals surface area contributed by atoms with Gasteiger partial charge in [-0.05, 0) is 47.0 Å². The maximum absolute atomic E-state index is 2.47. The van der Waals surface area contributed by atoms with E-state index in [1.807, 2.05) is 0 Å². The third-order valence-corrected chi connectivity index (χ3v) is 6.80. The highest BCUT2D eigenvalue weighted by Crippen LogP contribution is 2.48. The van der Waals surface area contributed by atoms with Crippen LogP contribution in [0.15, 0.2) is 84.6 Å². The van der Waals surface area contributed by atoms with Crippen molar-refractivity contribution in [3.05, 3.63) is 101 Å². The molecule has 0 saturated carbocycles. The number of anilines is 3. The molecule has 1 heterocycles. The van der Waals surface area contributed by atoms with Gasteiger partial charge in [-0.3, -0.25) is 0 Å². The van der Waals surface area contributed by atoms with Crippen molar-refractivity contribution in [3.8, 4) is 0 Å². The Kier molecular flexibility index (Phi) is 5.77. The summed E-state index contributed by atoms with van der Waals surface area (Å²) >= 11 is 0. The van der Waals surface area contributed by atoms with Crippen LogP contribution in [0.5, 0.6) is 0 Å². The van der Waals surface area contributed by atoms with Gasteiger partial charge in [0.25, 0.3) is 0 Å². The first-order valence-corrected chi connectivity index (χ1v) is 11.3. The van der Waals surface area contributed by atoms with Crippen LogP contribution in [0.2, 0.25) is 0 Å². The molecule has 166 valence electrons. The molecule has 0 N–H and O–H groups in total. The van der Waals surface area contributed by atoms with Crippen LogP contribution in [0.3, 0.4) is 0 Å². The fourth-order valence-electron chi connectivity index (χ4n) is 4.80. The van der Waals surface area contributed by atoms with Crippen molar-refractivity contribution in [1.29, 1.82) is 0 Å². The van der Waals surface area contributed by atoms with E-state index in [-0.39, 0.29) is 11.3 Å². The predicted octanol–water partition coefficient (Wildman–Crippen LogP) is 6.26. The highest BCUT2D eigenvalue weighted by molar-refractivity contribution is 5.70. The summed E-state index contributed by atoms with van der Waals surface area (Å²) in [4.78, 5) is 6.66. The average molecular weight is 426 g/mol. The Morgan fingerprint density at radius 1 is 0.719 bits per heavy atom. The van der Waals surface area contributed by atoms with Crippen molar-refractivity contribution in [2.45, 2.75) is 25.2 Å². The van der Waals surface area contributed by atoms with Crippen LogP contribution < -0.4 is 14.7 Å². The van der Waals surface area contributed by atoms with E-state index in [0.29, 0.717) is 0 Å². The number of allylic oxidation sites excluding steroid dienone is 2. The minimum absolute atomic E-state index is 0.0449. The van der Waals surface area contributed by atoms with Crippen LogP contribution in [-0.2, 0) is 5.41 Å². The van der Waals surface area contributed by atoms with Crippen molar-refractivity contribution in [1.82, 2.24) is 0 Å². The normalized spacial score (nSPS) is 15.9. The molecule has 3 nitrogen and oxygen atoms in total. The molecule has 0 unspecified atom stereocenters. The van der Waals surface area contributed by atoms with Gasteiger partial charge >= 0.3 is 0 Å². The first kappa shape index (κ1) is 22.0. The minimum Gasteiger partial charge on any atom is -0.378 e. The SMILES string of the molecule is CN(C)c1ccc(C(C=C2N(C)c3ccccc3C2(C)C)c2ccc(N(C)C)cc2)cc1. The third kappa shape index (κ3) is 3.88. The van der Waals surface area contributed by atoms with Crippen LogP contribution in [0.1, 0.15) is 36.5 Å². The molecule has 1 aliphatic rings. The van der Waals surface area contributed by atoms with Gasteiger partial charge in [0.1, 0.15) is 0 Å². The van der Waals surface area contributed by atoms with E-state index < -0.39 is 0 Å². The monoisotopic (exact) mass is 425 g/mol. The number of hydrogen-bond acceptors (Lipinski definition) is 3. The Morgan fingerprint density at radius 3 is 1.62 bits per heavy atom. The quantitative estimate of drug-likeness (QED) is 0.477. The molecule has 0 fully saturated rings. The number of para-hydroxylation sites is 1. The summed E-state index contributed by atoms with van der Waals surface area (Å²) in [6.45, 7) is 4.67. The molecule has 3 aromatic carbocycles. The molecule has 0 atom stereocenters. The number of nitrogens with zero attached hydrogens (tertiary/aromatic N) is 3. The first-order valence-electron chi connectivity index (χ1n) is 11.3. The second-order valence-electron chi connectivity index (χ2n) is 9.70. The Labute approximate surface area is 193 Å².